The molecule has 0 radical (unpaired) electrons. The number of likely N-dealkylation sites (N-methyl/N-ethyl adjacent to an activating group) is 1. The highest BCUT2D eigenvalue weighted by atomic mass is 16.1. The van der Waals surface area contributed by atoms with E-state index in [9.17, 15) is 4.79 Å². The number of anilines is 2. The third-order valence-electron chi connectivity index (χ3n) is 4.18. The second-order valence-electron chi connectivity index (χ2n) is 5.56. The summed E-state index contributed by atoms with van der Waals surface area (Å²) in [5.74, 6) is 0.895. The molecular formula is C15H15N7O. The van der Waals surface area contributed by atoms with Gasteiger partial charge in [0.1, 0.15) is 12.1 Å². The van der Waals surface area contributed by atoms with Crippen LogP contribution in [0.25, 0.3) is 10.9 Å². The van der Waals surface area contributed by atoms with Crippen LogP contribution in [0.1, 0.15) is 0 Å². The van der Waals surface area contributed by atoms with Crippen molar-refractivity contribution in [3.63, 3.8) is 0 Å². The minimum Gasteiger partial charge on any atom is -0.366 e. The first kappa shape index (κ1) is 13.6. The van der Waals surface area contributed by atoms with Crippen molar-refractivity contribution in [2.75, 3.05) is 29.9 Å². The largest absolute Gasteiger partial charge is 0.366 e. The fourth-order valence-corrected chi connectivity index (χ4v) is 2.80. The summed E-state index contributed by atoms with van der Waals surface area (Å²) in [4.78, 5) is 28.4. The molecule has 4 rings (SSSR count). The van der Waals surface area contributed by atoms with Crippen molar-refractivity contribution >= 4 is 22.4 Å². The summed E-state index contributed by atoms with van der Waals surface area (Å²) in [5, 5.41) is 7.21. The molecule has 8 heteroatoms. The smallest absolute Gasteiger partial charge is 0.266 e. The Kier molecular flexibility index (Phi) is 3.14. The lowest BCUT2D eigenvalue weighted by Crippen LogP contribution is -2.59. The second kappa shape index (κ2) is 5.31. The lowest BCUT2D eigenvalue weighted by atomic mass is 10.1. The predicted molar refractivity (Wildman–Crippen MR) is 86.6 cm³/mol. The van der Waals surface area contributed by atoms with Crippen LogP contribution in [-0.4, -0.2) is 51.3 Å². The monoisotopic (exact) mass is 309 g/mol. The first-order valence-electron chi connectivity index (χ1n) is 7.29. The van der Waals surface area contributed by atoms with Gasteiger partial charge in [-0.1, -0.05) is 0 Å². The number of nitrogens with zero attached hydrogens (tertiary/aromatic N) is 6. The van der Waals surface area contributed by atoms with E-state index in [0.29, 0.717) is 6.04 Å². The number of pyridine rings is 1. The molecule has 8 nitrogen and oxygen atoms in total. The summed E-state index contributed by atoms with van der Waals surface area (Å²) in [6.45, 7) is 1.64. The summed E-state index contributed by atoms with van der Waals surface area (Å²) in [5.41, 5.74) is 1.49. The molecule has 3 aromatic rings. The topological polar surface area (TPSA) is 90.9 Å². The molecule has 116 valence electrons. The van der Waals surface area contributed by atoms with Gasteiger partial charge in [0.15, 0.2) is 0 Å². The molecule has 1 aliphatic heterocycles. The normalized spacial score (nSPS) is 14.7. The minimum atomic E-state index is -0.186. The van der Waals surface area contributed by atoms with E-state index < -0.39 is 0 Å². The van der Waals surface area contributed by atoms with Gasteiger partial charge in [0.2, 0.25) is 0 Å². The molecule has 0 atom stereocenters. The van der Waals surface area contributed by atoms with E-state index in [-0.39, 0.29) is 5.56 Å². The van der Waals surface area contributed by atoms with Crippen LogP contribution in [0.5, 0.6) is 0 Å². The summed E-state index contributed by atoms with van der Waals surface area (Å²) < 4.78 is 0. The fourth-order valence-electron chi connectivity index (χ4n) is 2.80. The molecule has 0 aliphatic carbocycles. The van der Waals surface area contributed by atoms with E-state index in [1.54, 1.807) is 31.0 Å². The molecule has 1 N–H and O–H groups in total. The molecule has 4 heterocycles. The van der Waals surface area contributed by atoms with Crippen molar-refractivity contribution < 1.29 is 0 Å². The number of aromatic nitrogens is 5. The van der Waals surface area contributed by atoms with Crippen LogP contribution in [0.3, 0.4) is 0 Å². The molecule has 1 fully saturated rings. The summed E-state index contributed by atoms with van der Waals surface area (Å²) in [7, 11) is 2.03. The Balaban J connectivity index is 1.55. The van der Waals surface area contributed by atoms with Crippen LogP contribution in [0.4, 0.5) is 11.5 Å². The lowest BCUT2D eigenvalue weighted by Gasteiger charge is -2.45. The first-order chi connectivity index (χ1) is 11.2. The predicted octanol–water partition coefficient (Wildman–Crippen LogP) is 0.433. The molecule has 0 bridgehead atoms. The van der Waals surface area contributed by atoms with Crippen LogP contribution >= 0.6 is 0 Å². The number of fused-ring (bicyclic) bond motifs is 1. The molecule has 23 heavy (non-hydrogen) atoms. The van der Waals surface area contributed by atoms with Gasteiger partial charge in [0, 0.05) is 37.8 Å². The summed E-state index contributed by atoms with van der Waals surface area (Å²) >= 11 is 0. The van der Waals surface area contributed by atoms with E-state index in [4.69, 9.17) is 0 Å². The Morgan fingerprint density at radius 3 is 3.00 bits per heavy atom. The Morgan fingerprint density at radius 1 is 1.30 bits per heavy atom. The zero-order valence-electron chi connectivity index (χ0n) is 12.5. The maximum Gasteiger partial charge on any atom is 0.266 e. The van der Waals surface area contributed by atoms with Crippen LogP contribution in [0.15, 0.2) is 41.8 Å². The Hall–Kier alpha value is -3.03. The van der Waals surface area contributed by atoms with Crippen LogP contribution in [0.2, 0.25) is 0 Å². The van der Waals surface area contributed by atoms with Crippen molar-refractivity contribution in [3.05, 3.63) is 47.4 Å². The van der Waals surface area contributed by atoms with Gasteiger partial charge in [0.05, 0.1) is 29.6 Å². The van der Waals surface area contributed by atoms with Gasteiger partial charge >= 0.3 is 0 Å². The third kappa shape index (κ3) is 2.37. The van der Waals surface area contributed by atoms with Crippen LogP contribution < -0.4 is 15.4 Å². The van der Waals surface area contributed by atoms with Gasteiger partial charge < -0.3 is 9.80 Å². The second-order valence-corrected chi connectivity index (χ2v) is 5.56. The average Bonchev–Trinajstić information content (AvgIpc) is 2.53. The average molecular weight is 309 g/mol. The lowest BCUT2D eigenvalue weighted by molar-refractivity contribution is 0.493. The van der Waals surface area contributed by atoms with E-state index >= 15 is 0 Å². The molecule has 0 saturated carbocycles. The highest BCUT2D eigenvalue weighted by molar-refractivity contribution is 5.88. The van der Waals surface area contributed by atoms with Crippen LogP contribution in [0, 0.1) is 0 Å². The van der Waals surface area contributed by atoms with Gasteiger partial charge in [-0.15, -0.1) is 0 Å². The van der Waals surface area contributed by atoms with Crippen molar-refractivity contribution in [3.8, 4) is 0 Å². The molecule has 0 aromatic carbocycles. The van der Waals surface area contributed by atoms with Gasteiger partial charge in [-0.05, 0) is 6.07 Å². The molecule has 1 aliphatic rings. The zero-order chi connectivity index (χ0) is 15.8. The maximum atomic E-state index is 11.3. The Morgan fingerprint density at radius 2 is 2.17 bits per heavy atom. The van der Waals surface area contributed by atoms with E-state index in [2.05, 4.69) is 34.9 Å². The van der Waals surface area contributed by atoms with Gasteiger partial charge in [-0.3, -0.25) is 9.78 Å². The fraction of sp³-hybridized carbons (Fsp3) is 0.267. The number of hydrogen-bond donors (Lipinski definition) is 1. The molecular weight excluding hydrogens is 294 g/mol. The van der Waals surface area contributed by atoms with Crippen molar-refractivity contribution in [1.82, 2.24) is 25.1 Å². The first-order valence-corrected chi connectivity index (χ1v) is 7.29. The maximum absolute atomic E-state index is 11.3. The Bertz CT molecular complexity index is 898. The van der Waals surface area contributed by atoms with Crippen molar-refractivity contribution in [2.45, 2.75) is 6.04 Å². The summed E-state index contributed by atoms with van der Waals surface area (Å²) in [6.07, 6.45) is 6.72. The number of nitrogens with one attached hydrogen (secondary N) is 1. The van der Waals surface area contributed by atoms with E-state index in [0.717, 1.165) is 35.5 Å². The van der Waals surface area contributed by atoms with Gasteiger partial charge in [-0.25, -0.2) is 15.1 Å². The zero-order valence-corrected chi connectivity index (χ0v) is 12.5. The van der Waals surface area contributed by atoms with Crippen LogP contribution in [-0.2, 0) is 0 Å². The SMILES string of the molecule is CN(c1ncnc2cnccc12)C1CN(c2cn[nH]c(=O)c2)C1. The molecule has 0 spiro atoms. The standard InChI is InChI=1S/C15H15N7O/c1-21(15-12-2-3-16-6-13(12)17-9-18-15)11-7-22(8-11)10-4-14(23)20-19-5-10/h2-6,9,11H,7-8H2,1H3,(H,20,23). The number of H-pyrrole nitrogens is 1. The molecule has 0 amide bonds. The van der Waals surface area contributed by atoms with E-state index in [1.807, 2.05) is 13.1 Å². The number of rotatable bonds is 3. The van der Waals surface area contributed by atoms with Gasteiger partial charge in [-0.2, -0.15) is 5.10 Å². The third-order valence-corrected chi connectivity index (χ3v) is 4.18. The number of aromatic amines is 1. The number of hydrogen-bond acceptors (Lipinski definition) is 7. The minimum absolute atomic E-state index is 0.186. The Labute approximate surface area is 131 Å². The van der Waals surface area contributed by atoms with Gasteiger partial charge in [0.25, 0.3) is 5.56 Å². The quantitative estimate of drug-likeness (QED) is 0.750. The van der Waals surface area contributed by atoms with Crippen molar-refractivity contribution in [1.29, 1.82) is 0 Å². The molecule has 3 aromatic heterocycles. The van der Waals surface area contributed by atoms with E-state index in [1.165, 1.54) is 0 Å². The molecule has 0 unspecified atom stereocenters. The highest BCUT2D eigenvalue weighted by Crippen LogP contribution is 2.27. The summed E-state index contributed by atoms with van der Waals surface area (Å²) in [6, 6.07) is 3.81. The highest BCUT2D eigenvalue weighted by Gasteiger charge is 2.31. The molecule has 1 saturated heterocycles. The van der Waals surface area contributed by atoms with Crippen molar-refractivity contribution in [2.24, 2.45) is 0 Å².